The number of carboxylic acids is 1. The van der Waals surface area contributed by atoms with Gasteiger partial charge in [0.25, 0.3) is 0 Å². The molecular weight excluding hydrogens is 218 g/mol. The molecule has 0 radical (unpaired) electrons. The second-order valence-corrected chi connectivity index (χ2v) is 4.46. The lowest BCUT2D eigenvalue weighted by Gasteiger charge is -2.32. The Morgan fingerprint density at radius 2 is 2.00 bits per heavy atom. The molecule has 0 aliphatic heterocycles. The Morgan fingerprint density at radius 3 is 2.35 bits per heavy atom. The first-order valence-electron chi connectivity index (χ1n) is 5.40. The highest BCUT2D eigenvalue weighted by molar-refractivity contribution is 5.80. The summed E-state index contributed by atoms with van der Waals surface area (Å²) >= 11 is 0. The molecule has 0 aliphatic rings. The summed E-state index contributed by atoms with van der Waals surface area (Å²) in [5, 5.41) is 9.40. The van der Waals surface area contributed by atoms with Gasteiger partial charge in [-0.05, 0) is 51.2 Å². The highest BCUT2D eigenvalue weighted by atomic mass is 16.5. The number of aryl methyl sites for hydroxylation is 1. The summed E-state index contributed by atoms with van der Waals surface area (Å²) in [4.78, 5) is 13.1. The number of methoxy groups -OCH3 is 1. The minimum Gasteiger partial charge on any atom is -0.496 e. The number of rotatable bonds is 4. The fourth-order valence-corrected chi connectivity index (χ4v) is 1.75. The third kappa shape index (κ3) is 2.26. The molecule has 4 nitrogen and oxygen atoms in total. The maximum atomic E-state index is 11.5. The Bertz CT molecular complexity index is 429. The topological polar surface area (TPSA) is 49.8 Å². The van der Waals surface area contributed by atoms with E-state index in [0.717, 1.165) is 16.9 Å². The van der Waals surface area contributed by atoms with E-state index in [2.05, 4.69) is 0 Å². The van der Waals surface area contributed by atoms with Gasteiger partial charge in [-0.25, -0.2) is 4.79 Å². The van der Waals surface area contributed by atoms with Gasteiger partial charge in [0.05, 0.1) is 7.11 Å². The number of hydrogen-bond acceptors (Lipinski definition) is 3. The second-order valence-electron chi connectivity index (χ2n) is 4.46. The first kappa shape index (κ1) is 13.5. The maximum Gasteiger partial charge on any atom is 0.328 e. The number of nitrogens with zero attached hydrogens (tertiary/aromatic N) is 1. The molecule has 94 valence electrons. The van der Waals surface area contributed by atoms with Gasteiger partial charge in [-0.1, -0.05) is 6.07 Å². The Labute approximate surface area is 102 Å². The monoisotopic (exact) mass is 237 g/mol. The lowest BCUT2D eigenvalue weighted by molar-refractivity contribution is -0.149. The number of aliphatic carboxylic acids is 1. The SMILES string of the molecule is COc1ccc([C@@](C)(C(=O)O)N(C)C)cc1C. The van der Waals surface area contributed by atoms with E-state index in [1.807, 2.05) is 13.0 Å². The minimum atomic E-state index is -1.03. The van der Waals surface area contributed by atoms with E-state index in [1.54, 1.807) is 45.2 Å². The molecule has 4 heteroatoms. The molecular formula is C13H19NO3. The van der Waals surface area contributed by atoms with Crippen molar-refractivity contribution in [1.82, 2.24) is 4.90 Å². The normalized spacial score (nSPS) is 14.5. The molecule has 0 unspecified atom stereocenters. The van der Waals surface area contributed by atoms with Crippen molar-refractivity contribution in [3.05, 3.63) is 29.3 Å². The van der Waals surface area contributed by atoms with E-state index in [9.17, 15) is 9.90 Å². The standard InChI is InChI=1S/C13H19NO3/c1-9-8-10(6-7-11(9)17-5)13(2,12(15)16)14(3)4/h6-8H,1-5H3,(H,15,16)/t13-/m0/s1. The van der Waals surface area contributed by atoms with Crippen LogP contribution in [0.3, 0.4) is 0 Å². The molecule has 0 amide bonds. The smallest absolute Gasteiger partial charge is 0.328 e. The molecule has 1 rings (SSSR count). The van der Waals surface area contributed by atoms with Crippen molar-refractivity contribution in [2.45, 2.75) is 19.4 Å². The van der Waals surface area contributed by atoms with Crippen molar-refractivity contribution >= 4 is 5.97 Å². The fraction of sp³-hybridized carbons (Fsp3) is 0.462. The molecule has 1 aromatic rings. The minimum absolute atomic E-state index is 0.744. The Hall–Kier alpha value is -1.55. The molecule has 0 aliphatic carbocycles. The highest BCUT2D eigenvalue weighted by Crippen LogP contribution is 2.30. The van der Waals surface area contributed by atoms with E-state index >= 15 is 0 Å². The summed E-state index contributed by atoms with van der Waals surface area (Å²) in [6.45, 7) is 3.59. The van der Waals surface area contributed by atoms with Crippen LogP contribution in [0.5, 0.6) is 5.75 Å². The molecule has 1 aromatic carbocycles. The van der Waals surface area contributed by atoms with Gasteiger partial charge in [-0.3, -0.25) is 4.90 Å². The molecule has 0 heterocycles. The highest BCUT2D eigenvalue weighted by Gasteiger charge is 2.37. The van der Waals surface area contributed by atoms with Crippen LogP contribution >= 0.6 is 0 Å². The van der Waals surface area contributed by atoms with Crippen molar-refractivity contribution in [2.24, 2.45) is 0 Å². The van der Waals surface area contributed by atoms with Gasteiger partial charge in [0, 0.05) is 0 Å². The first-order chi connectivity index (χ1) is 7.83. The molecule has 0 spiro atoms. The zero-order valence-electron chi connectivity index (χ0n) is 10.9. The van der Waals surface area contributed by atoms with Crippen molar-refractivity contribution < 1.29 is 14.6 Å². The van der Waals surface area contributed by atoms with Crippen molar-refractivity contribution in [3.8, 4) is 5.75 Å². The van der Waals surface area contributed by atoms with Gasteiger partial charge in [0.15, 0.2) is 0 Å². The maximum absolute atomic E-state index is 11.5. The van der Waals surface area contributed by atoms with E-state index in [0.29, 0.717) is 0 Å². The van der Waals surface area contributed by atoms with Gasteiger partial charge < -0.3 is 9.84 Å². The Kier molecular flexibility index (Phi) is 3.78. The molecule has 1 atom stereocenters. The molecule has 0 saturated heterocycles. The van der Waals surface area contributed by atoms with E-state index in [-0.39, 0.29) is 0 Å². The predicted molar refractivity (Wildman–Crippen MR) is 66.4 cm³/mol. The quantitative estimate of drug-likeness (QED) is 0.868. The van der Waals surface area contributed by atoms with Crippen LogP contribution in [-0.2, 0) is 10.3 Å². The number of hydrogen-bond donors (Lipinski definition) is 1. The zero-order valence-corrected chi connectivity index (χ0v) is 10.9. The fourth-order valence-electron chi connectivity index (χ4n) is 1.75. The van der Waals surface area contributed by atoms with E-state index in [4.69, 9.17) is 4.74 Å². The van der Waals surface area contributed by atoms with Crippen LogP contribution in [-0.4, -0.2) is 37.2 Å². The van der Waals surface area contributed by atoms with Gasteiger partial charge >= 0.3 is 5.97 Å². The van der Waals surface area contributed by atoms with Gasteiger partial charge in [0.2, 0.25) is 0 Å². The summed E-state index contributed by atoms with van der Waals surface area (Å²) in [5.41, 5.74) is 0.643. The average molecular weight is 237 g/mol. The van der Waals surface area contributed by atoms with Crippen LogP contribution in [0.15, 0.2) is 18.2 Å². The molecule has 0 bridgehead atoms. The van der Waals surface area contributed by atoms with Crippen molar-refractivity contribution in [2.75, 3.05) is 21.2 Å². The van der Waals surface area contributed by atoms with E-state index in [1.165, 1.54) is 0 Å². The summed E-state index contributed by atoms with van der Waals surface area (Å²) in [6, 6.07) is 5.45. The van der Waals surface area contributed by atoms with Crippen LogP contribution in [0.25, 0.3) is 0 Å². The third-order valence-corrected chi connectivity index (χ3v) is 3.27. The van der Waals surface area contributed by atoms with Gasteiger partial charge in [-0.15, -0.1) is 0 Å². The number of carboxylic acid groups (broad SMARTS) is 1. The van der Waals surface area contributed by atoms with E-state index < -0.39 is 11.5 Å². The average Bonchev–Trinajstić information content (AvgIpc) is 2.27. The summed E-state index contributed by atoms with van der Waals surface area (Å²) in [6.07, 6.45) is 0. The Balaban J connectivity index is 3.31. The zero-order chi connectivity index (χ0) is 13.2. The lowest BCUT2D eigenvalue weighted by atomic mass is 9.89. The van der Waals surface area contributed by atoms with Crippen molar-refractivity contribution in [1.29, 1.82) is 0 Å². The van der Waals surface area contributed by atoms with Gasteiger partial charge in [-0.2, -0.15) is 0 Å². The predicted octanol–water partition coefficient (Wildman–Crippen LogP) is 1.87. The Morgan fingerprint density at radius 1 is 1.41 bits per heavy atom. The third-order valence-electron chi connectivity index (χ3n) is 3.27. The van der Waals surface area contributed by atoms with Gasteiger partial charge in [0.1, 0.15) is 11.3 Å². The first-order valence-corrected chi connectivity index (χ1v) is 5.40. The molecule has 0 fully saturated rings. The summed E-state index contributed by atoms with van der Waals surface area (Å²) in [5.74, 6) is -0.104. The van der Waals surface area contributed by atoms with Crippen LogP contribution in [0.1, 0.15) is 18.1 Å². The van der Waals surface area contributed by atoms with Crippen LogP contribution < -0.4 is 4.74 Å². The molecule has 17 heavy (non-hydrogen) atoms. The largest absolute Gasteiger partial charge is 0.496 e. The molecule has 1 N–H and O–H groups in total. The van der Waals surface area contributed by atoms with Crippen molar-refractivity contribution in [3.63, 3.8) is 0 Å². The summed E-state index contributed by atoms with van der Waals surface area (Å²) < 4.78 is 5.17. The van der Waals surface area contributed by atoms with Crippen LogP contribution in [0.2, 0.25) is 0 Å². The second kappa shape index (κ2) is 4.75. The number of ether oxygens (including phenoxy) is 1. The number of likely N-dealkylation sites (N-methyl/N-ethyl adjacent to an activating group) is 1. The lowest BCUT2D eigenvalue weighted by Crippen LogP contribution is -2.45. The van der Waals surface area contributed by atoms with Crippen LogP contribution in [0.4, 0.5) is 0 Å². The summed E-state index contributed by atoms with van der Waals surface area (Å²) in [7, 11) is 5.12. The number of carbonyl (C=O) groups is 1. The van der Waals surface area contributed by atoms with Crippen LogP contribution in [0, 0.1) is 6.92 Å². The molecule has 0 saturated carbocycles. The number of benzene rings is 1. The molecule has 0 aromatic heterocycles.